The molecule has 0 spiro atoms. The fourth-order valence-electron chi connectivity index (χ4n) is 3.50. The van der Waals surface area contributed by atoms with Gasteiger partial charge in [0.1, 0.15) is 0 Å². The zero-order chi connectivity index (χ0) is 12.4. The molecule has 2 aliphatic heterocycles. The fraction of sp³-hybridized carbons (Fsp3) is 1.00. The van der Waals surface area contributed by atoms with Crippen LogP contribution in [0.1, 0.15) is 33.6 Å². The van der Waals surface area contributed by atoms with Crippen LogP contribution >= 0.6 is 0 Å². The van der Waals surface area contributed by atoms with Gasteiger partial charge < -0.3 is 4.74 Å². The fourth-order valence-corrected chi connectivity index (χ4v) is 3.50. The Morgan fingerprint density at radius 2 is 2.00 bits per heavy atom. The van der Waals surface area contributed by atoms with Gasteiger partial charge in [0.05, 0.1) is 6.61 Å². The molecule has 0 N–H and O–H groups in total. The van der Waals surface area contributed by atoms with Gasteiger partial charge in [0.2, 0.25) is 0 Å². The van der Waals surface area contributed by atoms with Crippen molar-refractivity contribution in [3.63, 3.8) is 0 Å². The number of fused-ring (bicyclic) bond motifs is 1. The van der Waals surface area contributed by atoms with E-state index in [1.165, 1.54) is 32.5 Å². The number of piperazine rings is 1. The standard InChI is InChI=1S/C14H28N2O/c1-11(2)14-9-15-7-5-6-13(15)8-16(14)12(3)10-17-4/h11-14H,5-10H2,1-4H3. The molecule has 0 aromatic rings. The van der Waals surface area contributed by atoms with Crippen LogP contribution in [0.15, 0.2) is 0 Å². The molecule has 0 radical (unpaired) electrons. The third-order valence-electron chi connectivity index (χ3n) is 4.51. The first-order chi connectivity index (χ1) is 8.13. The molecule has 100 valence electrons. The number of nitrogens with zero attached hydrogens (tertiary/aromatic N) is 2. The first-order valence-corrected chi connectivity index (χ1v) is 7.12. The van der Waals surface area contributed by atoms with Crippen LogP contribution in [-0.2, 0) is 4.74 Å². The Labute approximate surface area is 106 Å². The molecular weight excluding hydrogens is 212 g/mol. The smallest absolute Gasteiger partial charge is 0.0615 e. The molecule has 0 saturated carbocycles. The Kier molecular flexibility index (Phi) is 4.45. The molecule has 0 bridgehead atoms. The minimum atomic E-state index is 0.551. The summed E-state index contributed by atoms with van der Waals surface area (Å²) in [6.07, 6.45) is 2.78. The van der Waals surface area contributed by atoms with Gasteiger partial charge in [-0.3, -0.25) is 9.80 Å². The van der Waals surface area contributed by atoms with Crippen molar-refractivity contribution in [1.29, 1.82) is 0 Å². The van der Waals surface area contributed by atoms with E-state index in [9.17, 15) is 0 Å². The first-order valence-electron chi connectivity index (χ1n) is 7.12. The summed E-state index contributed by atoms with van der Waals surface area (Å²) in [6, 6.07) is 2.06. The zero-order valence-electron chi connectivity index (χ0n) is 11.9. The van der Waals surface area contributed by atoms with E-state index in [2.05, 4.69) is 30.6 Å². The van der Waals surface area contributed by atoms with Gasteiger partial charge in [0, 0.05) is 38.3 Å². The predicted molar refractivity (Wildman–Crippen MR) is 71.3 cm³/mol. The molecule has 2 rings (SSSR count). The van der Waals surface area contributed by atoms with Crippen molar-refractivity contribution >= 4 is 0 Å². The molecule has 0 amide bonds. The third-order valence-corrected chi connectivity index (χ3v) is 4.51. The highest BCUT2D eigenvalue weighted by Crippen LogP contribution is 2.28. The minimum absolute atomic E-state index is 0.551. The molecule has 0 aromatic heterocycles. The summed E-state index contributed by atoms with van der Waals surface area (Å²) in [4.78, 5) is 5.40. The SMILES string of the molecule is COCC(C)N1CC2CCCN2CC1C(C)C. The normalized spacial score (nSPS) is 33.0. The number of ether oxygens (including phenoxy) is 1. The van der Waals surface area contributed by atoms with Crippen LogP contribution in [0.25, 0.3) is 0 Å². The lowest BCUT2D eigenvalue weighted by molar-refractivity contribution is -0.0165. The summed E-state index contributed by atoms with van der Waals surface area (Å²) >= 11 is 0. The van der Waals surface area contributed by atoms with Crippen molar-refractivity contribution in [3.05, 3.63) is 0 Å². The highest BCUT2D eigenvalue weighted by atomic mass is 16.5. The monoisotopic (exact) mass is 240 g/mol. The van der Waals surface area contributed by atoms with Crippen LogP contribution in [-0.4, -0.2) is 61.3 Å². The van der Waals surface area contributed by atoms with E-state index < -0.39 is 0 Å². The lowest BCUT2D eigenvalue weighted by atomic mass is 9.96. The number of hydrogen-bond acceptors (Lipinski definition) is 3. The van der Waals surface area contributed by atoms with Crippen molar-refractivity contribution in [3.8, 4) is 0 Å². The maximum absolute atomic E-state index is 5.34. The Balaban J connectivity index is 2.04. The average molecular weight is 240 g/mol. The van der Waals surface area contributed by atoms with Gasteiger partial charge in [-0.1, -0.05) is 13.8 Å². The Hall–Kier alpha value is -0.120. The molecule has 3 nitrogen and oxygen atoms in total. The molecule has 2 saturated heterocycles. The Bertz CT molecular complexity index is 244. The maximum Gasteiger partial charge on any atom is 0.0615 e. The largest absolute Gasteiger partial charge is 0.383 e. The van der Waals surface area contributed by atoms with Gasteiger partial charge in [0.25, 0.3) is 0 Å². The lowest BCUT2D eigenvalue weighted by Crippen LogP contribution is -2.60. The Morgan fingerprint density at radius 1 is 1.24 bits per heavy atom. The third kappa shape index (κ3) is 2.83. The molecular formula is C14H28N2O. The van der Waals surface area contributed by atoms with Crippen LogP contribution in [0.2, 0.25) is 0 Å². The Morgan fingerprint density at radius 3 is 2.65 bits per heavy atom. The summed E-state index contributed by atoms with van der Waals surface area (Å²) in [7, 11) is 1.81. The van der Waals surface area contributed by atoms with Crippen molar-refractivity contribution in [2.24, 2.45) is 5.92 Å². The van der Waals surface area contributed by atoms with Gasteiger partial charge in [-0.15, -0.1) is 0 Å². The van der Waals surface area contributed by atoms with Crippen molar-refractivity contribution in [2.45, 2.75) is 51.7 Å². The van der Waals surface area contributed by atoms with Crippen molar-refractivity contribution in [1.82, 2.24) is 9.80 Å². The van der Waals surface area contributed by atoms with Crippen LogP contribution in [0.5, 0.6) is 0 Å². The number of hydrogen-bond donors (Lipinski definition) is 0. The van der Waals surface area contributed by atoms with Gasteiger partial charge >= 0.3 is 0 Å². The highest BCUT2D eigenvalue weighted by molar-refractivity contribution is 4.94. The second kappa shape index (κ2) is 5.68. The van der Waals surface area contributed by atoms with Gasteiger partial charge in [-0.2, -0.15) is 0 Å². The minimum Gasteiger partial charge on any atom is -0.383 e. The molecule has 3 atom stereocenters. The summed E-state index contributed by atoms with van der Waals surface area (Å²) in [6.45, 7) is 11.7. The molecule has 2 fully saturated rings. The quantitative estimate of drug-likeness (QED) is 0.745. The van der Waals surface area contributed by atoms with Crippen LogP contribution in [0.3, 0.4) is 0 Å². The average Bonchev–Trinajstić information content (AvgIpc) is 2.74. The molecule has 2 aliphatic rings. The van der Waals surface area contributed by atoms with Crippen LogP contribution < -0.4 is 0 Å². The summed E-state index contributed by atoms with van der Waals surface area (Å²) in [5.74, 6) is 0.732. The van der Waals surface area contributed by atoms with E-state index >= 15 is 0 Å². The first kappa shape index (κ1) is 13.3. The predicted octanol–water partition coefficient (Wildman–Crippen LogP) is 1.83. The van der Waals surface area contributed by atoms with E-state index in [-0.39, 0.29) is 0 Å². The highest BCUT2D eigenvalue weighted by Gasteiger charge is 2.38. The maximum atomic E-state index is 5.34. The van der Waals surface area contributed by atoms with Gasteiger partial charge in [-0.05, 0) is 32.2 Å². The molecule has 0 aliphatic carbocycles. The topological polar surface area (TPSA) is 15.7 Å². The molecule has 3 unspecified atom stereocenters. The second-order valence-electron chi connectivity index (χ2n) is 6.10. The van der Waals surface area contributed by atoms with Crippen molar-refractivity contribution in [2.75, 3.05) is 33.4 Å². The number of methoxy groups -OCH3 is 1. The van der Waals surface area contributed by atoms with Gasteiger partial charge in [0.15, 0.2) is 0 Å². The zero-order valence-corrected chi connectivity index (χ0v) is 11.9. The lowest BCUT2D eigenvalue weighted by Gasteiger charge is -2.48. The van der Waals surface area contributed by atoms with Crippen molar-refractivity contribution < 1.29 is 4.74 Å². The summed E-state index contributed by atoms with van der Waals surface area (Å²) in [5, 5.41) is 0. The van der Waals surface area contributed by atoms with E-state index in [1.807, 2.05) is 7.11 Å². The van der Waals surface area contributed by atoms with Crippen LogP contribution in [0.4, 0.5) is 0 Å². The van der Waals surface area contributed by atoms with E-state index in [4.69, 9.17) is 4.74 Å². The van der Waals surface area contributed by atoms with Gasteiger partial charge in [-0.25, -0.2) is 0 Å². The molecule has 3 heteroatoms. The summed E-state index contributed by atoms with van der Waals surface area (Å²) in [5.41, 5.74) is 0. The second-order valence-corrected chi connectivity index (χ2v) is 6.10. The number of rotatable bonds is 4. The van der Waals surface area contributed by atoms with E-state index in [0.717, 1.165) is 18.6 Å². The molecule has 2 heterocycles. The van der Waals surface area contributed by atoms with E-state index in [1.54, 1.807) is 0 Å². The molecule has 0 aromatic carbocycles. The summed E-state index contributed by atoms with van der Waals surface area (Å²) < 4.78 is 5.34. The molecule has 17 heavy (non-hydrogen) atoms. The van der Waals surface area contributed by atoms with Crippen LogP contribution in [0, 0.1) is 5.92 Å². The van der Waals surface area contributed by atoms with E-state index in [0.29, 0.717) is 12.1 Å².